The average Bonchev–Trinajstić information content (AvgIpc) is 2.72. The van der Waals surface area contributed by atoms with E-state index in [2.05, 4.69) is 72.0 Å². The minimum atomic E-state index is 0.360. The van der Waals surface area contributed by atoms with Crippen LogP contribution in [0.5, 0.6) is 0 Å². The van der Waals surface area contributed by atoms with E-state index < -0.39 is 0 Å². The van der Waals surface area contributed by atoms with Crippen molar-refractivity contribution < 1.29 is 0 Å². The molecule has 2 heteroatoms. The zero-order chi connectivity index (χ0) is 15.7. The van der Waals surface area contributed by atoms with Gasteiger partial charge in [-0.3, -0.25) is 0 Å². The summed E-state index contributed by atoms with van der Waals surface area (Å²) in [5.74, 6) is 0. The summed E-state index contributed by atoms with van der Waals surface area (Å²) < 4.78 is 0. The van der Waals surface area contributed by atoms with E-state index in [1.807, 2.05) is 11.3 Å². The number of hydrogen-bond donors (Lipinski definition) is 1. The van der Waals surface area contributed by atoms with E-state index >= 15 is 0 Å². The Bertz CT molecular complexity index is 639. The van der Waals surface area contributed by atoms with Gasteiger partial charge in [0.1, 0.15) is 0 Å². The van der Waals surface area contributed by atoms with Crippen molar-refractivity contribution in [2.45, 2.75) is 60.5 Å². The molecule has 1 aromatic carbocycles. The lowest BCUT2D eigenvalue weighted by Gasteiger charge is -2.23. The number of rotatable bonds is 4. The number of hydrogen-bond acceptors (Lipinski definition) is 2. The molecule has 2 rings (SSSR count). The van der Waals surface area contributed by atoms with E-state index in [-0.39, 0.29) is 0 Å². The van der Waals surface area contributed by atoms with Gasteiger partial charge in [-0.1, -0.05) is 12.1 Å². The van der Waals surface area contributed by atoms with Crippen LogP contribution >= 0.6 is 11.3 Å². The third kappa shape index (κ3) is 3.56. The Morgan fingerprint density at radius 2 is 1.33 bits per heavy atom. The average molecular weight is 301 g/mol. The first kappa shape index (κ1) is 16.3. The topological polar surface area (TPSA) is 12.0 Å². The van der Waals surface area contributed by atoms with Crippen LogP contribution in [-0.2, 0) is 0 Å². The summed E-state index contributed by atoms with van der Waals surface area (Å²) in [4.78, 5) is 2.82. The zero-order valence-corrected chi connectivity index (χ0v) is 15.1. The van der Waals surface area contributed by atoms with Gasteiger partial charge in [0.15, 0.2) is 0 Å². The zero-order valence-electron chi connectivity index (χ0n) is 14.3. The Hall–Kier alpha value is -1.12. The molecule has 1 nitrogen and oxygen atoms in total. The van der Waals surface area contributed by atoms with Crippen LogP contribution in [0.25, 0.3) is 0 Å². The van der Waals surface area contributed by atoms with Gasteiger partial charge < -0.3 is 5.32 Å². The van der Waals surface area contributed by atoms with Crippen LogP contribution in [0, 0.1) is 34.6 Å². The van der Waals surface area contributed by atoms with Crippen molar-refractivity contribution in [3.63, 3.8) is 0 Å². The SMILES string of the molecule is Cc1cc(C(C)NC(C)c2cc(C)c(C)cc2C)c(C)s1. The molecule has 0 aliphatic heterocycles. The minimum absolute atomic E-state index is 0.360. The van der Waals surface area contributed by atoms with Crippen LogP contribution in [0.1, 0.15) is 63.5 Å². The standard InChI is InChI=1S/C19H27NS/c1-11-8-13(3)18(9-12(11)2)15(5)20-16(6)19-10-14(4)21-17(19)7/h8-10,15-16,20H,1-7H3. The first-order valence-electron chi connectivity index (χ1n) is 7.70. The summed E-state index contributed by atoms with van der Waals surface area (Å²) in [6.07, 6.45) is 0. The molecule has 1 N–H and O–H groups in total. The van der Waals surface area contributed by atoms with E-state index in [0.717, 1.165) is 0 Å². The van der Waals surface area contributed by atoms with Gasteiger partial charge in [0.25, 0.3) is 0 Å². The smallest absolute Gasteiger partial charge is 0.0308 e. The van der Waals surface area contributed by atoms with Crippen LogP contribution in [0.2, 0.25) is 0 Å². The number of nitrogens with one attached hydrogen (secondary N) is 1. The lowest BCUT2D eigenvalue weighted by atomic mass is 9.95. The Morgan fingerprint density at radius 3 is 1.90 bits per heavy atom. The van der Waals surface area contributed by atoms with Crippen LogP contribution in [0.15, 0.2) is 18.2 Å². The molecule has 0 radical (unpaired) electrons. The predicted molar refractivity (Wildman–Crippen MR) is 94.4 cm³/mol. The van der Waals surface area contributed by atoms with Gasteiger partial charge in [-0.25, -0.2) is 0 Å². The quantitative estimate of drug-likeness (QED) is 0.763. The molecule has 2 aromatic rings. The van der Waals surface area contributed by atoms with Crippen molar-refractivity contribution in [3.8, 4) is 0 Å². The Balaban J connectivity index is 2.20. The van der Waals surface area contributed by atoms with Crippen molar-refractivity contribution in [1.29, 1.82) is 0 Å². The molecule has 0 fully saturated rings. The van der Waals surface area contributed by atoms with Gasteiger partial charge in [0.05, 0.1) is 0 Å². The van der Waals surface area contributed by atoms with Crippen molar-refractivity contribution in [2.75, 3.05) is 0 Å². The Kier molecular flexibility index (Phi) is 4.90. The summed E-state index contributed by atoms with van der Waals surface area (Å²) in [6, 6.07) is 7.69. The first-order chi connectivity index (χ1) is 9.79. The molecule has 0 aliphatic carbocycles. The molecule has 1 aromatic heterocycles. The van der Waals surface area contributed by atoms with Crippen LogP contribution in [0.4, 0.5) is 0 Å². The molecule has 2 unspecified atom stereocenters. The second kappa shape index (κ2) is 6.33. The highest BCUT2D eigenvalue weighted by Crippen LogP contribution is 2.29. The van der Waals surface area contributed by atoms with E-state index in [9.17, 15) is 0 Å². The summed E-state index contributed by atoms with van der Waals surface area (Å²) in [5.41, 5.74) is 6.98. The molecule has 0 spiro atoms. The molecular formula is C19H27NS. The van der Waals surface area contributed by atoms with Gasteiger partial charge in [0.2, 0.25) is 0 Å². The summed E-state index contributed by atoms with van der Waals surface area (Å²) in [7, 11) is 0. The maximum atomic E-state index is 3.76. The normalized spacial score (nSPS) is 14.2. The molecular weight excluding hydrogens is 274 g/mol. The fraction of sp³-hybridized carbons (Fsp3) is 0.474. The molecule has 0 saturated carbocycles. The summed E-state index contributed by atoms with van der Waals surface area (Å²) >= 11 is 1.89. The molecule has 2 atom stereocenters. The number of aryl methyl sites for hydroxylation is 5. The highest BCUT2D eigenvalue weighted by atomic mass is 32.1. The maximum absolute atomic E-state index is 3.76. The summed E-state index contributed by atoms with van der Waals surface area (Å²) in [6.45, 7) is 15.5. The van der Waals surface area contributed by atoms with Crippen LogP contribution < -0.4 is 5.32 Å². The van der Waals surface area contributed by atoms with Gasteiger partial charge in [-0.15, -0.1) is 11.3 Å². The lowest BCUT2D eigenvalue weighted by Crippen LogP contribution is -2.23. The Morgan fingerprint density at radius 1 is 0.762 bits per heavy atom. The number of benzene rings is 1. The van der Waals surface area contributed by atoms with Crippen molar-refractivity contribution in [3.05, 3.63) is 55.8 Å². The van der Waals surface area contributed by atoms with Crippen molar-refractivity contribution >= 4 is 11.3 Å². The molecule has 114 valence electrons. The van der Waals surface area contributed by atoms with Crippen molar-refractivity contribution in [1.82, 2.24) is 5.32 Å². The molecule has 1 heterocycles. The van der Waals surface area contributed by atoms with Crippen molar-refractivity contribution in [2.24, 2.45) is 0 Å². The molecule has 0 bridgehead atoms. The molecule has 21 heavy (non-hydrogen) atoms. The fourth-order valence-electron chi connectivity index (χ4n) is 3.08. The Labute approximate surface area is 133 Å². The van der Waals surface area contributed by atoms with E-state index in [1.54, 1.807) is 0 Å². The maximum Gasteiger partial charge on any atom is 0.0308 e. The molecule has 0 amide bonds. The molecule has 0 saturated heterocycles. The highest BCUT2D eigenvalue weighted by molar-refractivity contribution is 7.12. The summed E-state index contributed by atoms with van der Waals surface area (Å²) in [5, 5.41) is 3.76. The molecule has 0 aliphatic rings. The van der Waals surface area contributed by atoms with Gasteiger partial charge in [-0.05, 0) is 82.3 Å². The predicted octanol–water partition coefficient (Wildman–Crippen LogP) is 5.70. The van der Waals surface area contributed by atoms with Gasteiger partial charge >= 0.3 is 0 Å². The second-order valence-corrected chi connectivity index (χ2v) is 7.73. The van der Waals surface area contributed by atoms with E-state index in [4.69, 9.17) is 0 Å². The first-order valence-corrected chi connectivity index (χ1v) is 8.52. The van der Waals surface area contributed by atoms with Crippen LogP contribution in [-0.4, -0.2) is 0 Å². The van der Waals surface area contributed by atoms with E-state index in [1.165, 1.54) is 37.6 Å². The largest absolute Gasteiger partial charge is 0.304 e. The van der Waals surface area contributed by atoms with E-state index in [0.29, 0.717) is 12.1 Å². The minimum Gasteiger partial charge on any atom is -0.304 e. The lowest BCUT2D eigenvalue weighted by molar-refractivity contribution is 0.492. The van der Waals surface area contributed by atoms with Gasteiger partial charge in [0, 0.05) is 21.8 Å². The number of thiophene rings is 1. The third-order valence-corrected chi connectivity index (χ3v) is 5.38. The fourth-order valence-corrected chi connectivity index (χ4v) is 4.11. The van der Waals surface area contributed by atoms with Gasteiger partial charge in [-0.2, -0.15) is 0 Å². The third-order valence-electron chi connectivity index (χ3n) is 4.39. The monoisotopic (exact) mass is 301 g/mol. The van der Waals surface area contributed by atoms with Crippen LogP contribution in [0.3, 0.4) is 0 Å². The highest BCUT2D eigenvalue weighted by Gasteiger charge is 2.16. The second-order valence-electron chi connectivity index (χ2n) is 6.27.